The summed E-state index contributed by atoms with van der Waals surface area (Å²) >= 11 is 5.91. The molecule has 29 heavy (non-hydrogen) atoms. The third-order valence-electron chi connectivity index (χ3n) is 4.46. The van der Waals surface area contributed by atoms with E-state index in [1.54, 1.807) is 12.1 Å². The fraction of sp³-hybridized carbons (Fsp3) is 0.0476. The summed E-state index contributed by atoms with van der Waals surface area (Å²) in [7, 11) is 1.99. The maximum absolute atomic E-state index is 5.91. The molecule has 0 aliphatic carbocycles. The zero-order chi connectivity index (χ0) is 19.8. The Balaban J connectivity index is 1.36. The smallest absolute Gasteiger partial charge is 0.278 e. The second-order valence-corrected chi connectivity index (χ2v) is 6.86. The van der Waals surface area contributed by atoms with E-state index < -0.39 is 0 Å². The van der Waals surface area contributed by atoms with Crippen molar-refractivity contribution in [3.63, 3.8) is 0 Å². The van der Waals surface area contributed by atoms with Crippen LogP contribution in [0.2, 0.25) is 5.02 Å². The zero-order valence-electron chi connectivity index (χ0n) is 15.3. The Kier molecular flexibility index (Phi) is 4.22. The molecule has 0 aliphatic heterocycles. The van der Waals surface area contributed by atoms with E-state index >= 15 is 0 Å². The summed E-state index contributed by atoms with van der Waals surface area (Å²) in [5.41, 5.74) is 2.34. The molecule has 0 spiro atoms. The predicted octanol–water partition coefficient (Wildman–Crippen LogP) is 5.13. The summed E-state index contributed by atoms with van der Waals surface area (Å²) in [6.07, 6.45) is 5.07. The van der Waals surface area contributed by atoms with Crippen LogP contribution >= 0.6 is 11.6 Å². The number of ether oxygens (including phenoxy) is 1. The largest absolute Gasteiger partial charge is 0.437 e. The van der Waals surface area contributed by atoms with Crippen LogP contribution in [0.5, 0.6) is 11.6 Å². The van der Waals surface area contributed by atoms with Gasteiger partial charge < -0.3 is 13.8 Å². The average molecular weight is 404 g/mol. The van der Waals surface area contributed by atoms with Gasteiger partial charge in [-0.05, 0) is 47.9 Å². The average Bonchev–Trinajstić information content (AvgIpc) is 3.37. The van der Waals surface area contributed by atoms with Gasteiger partial charge in [0.25, 0.3) is 5.89 Å². The summed E-state index contributed by atoms with van der Waals surface area (Å²) in [5, 5.41) is 5.78. The van der Waals surface area contributed by atoms with Gasteiger partial charge in [0.15, 0.2) is 0 Å². The number of aryl methyl sites for hydroxylation is 1. The first-order chi connectivity index (χ1) is 14.2. The molecule has 3 aromatic heterocycles. The van der Waals surface area contributed by atoms with Crippen LogP contribution < -0.4 is 4.74 Å². The molecule has 0 unspecified atom stereocenters. The molecule has 0 fully saturated rings. The normalized spacial score (nSPS) is 11.1. The second-order valence-electron chi connectivity index (χ2n) is 6.42. The quantitative estimate of drug-likeness (QED) is 0.414. The third-order valence-corrected chi connectivity index (χ3v) is 4.71. The molecular weight excluding hydrogens is 390 g/mol. The highest BCUT2D eigenvalue weighted by atomic mass is 35.5. The lowest BCUT2D eigenvalue weighted by Gasteiger charge is -2.05. The molecule has 0 radical (unpaired) electrons. The molecule has 3 heterocycles. The number of rotatable bonds is 4. The number of benzene rings is 2. The molecule has 0 aliphatic rings. The van der Waals surface area contributed by atoms with Gasteiger partial charge in [-0.2, -0.15) is 4.98 Å². The second kappa shape index (κ2) is 7.03. The summed E-state index contributed by atoms with van der Waals surface area (Å²) in [5.74, 6) is 1.79. The van der Waals surface area contributed by atoms with Gasteiger partial charge in [-0.25, -0.2) is 9.97 Å². The third kappa shape index (κ3) is 3.43. The van der Waals surface area contributed by atoms with Crippen molar-refractivity contribution in [2.75, 3.05) is 0 Å². The first-order valence-corrected chi connectivity index (χ1v) is 9.18. The number of hydrogen-bond donors (Lipinski definition) is 0. The van der Waals surface area contributed by atoms with Crippen molar-refractivity contribution in [3.05, 3.63) is 72.1 Å². The van der Waals surface area contributed by atoms with Crippen LogP contribution in [0.4, 0.5) is 0 Å². The Hall–Kier alpha value is -3.71. The van der Waals surface area contributed by atoms with Crippen molar-refractivity contribution in [2.24, 2.45) is 7.05 Å². The van der Waals surface area contributed by atoms with E-state index in [1.807, 2.05) is 48.1 Å². The fourth-order valence-electron chi connectivity index (χ4n) is 2.95. The van der Waals surface area contributed by atoms with Gasteiger partial charge in [-0.3, -0.25) is 0 Å². The summed E-state index contributed by atoms with van der Waals surface area (Å²) in [6.45, 7) is 0. The molecule has 7 nitrogen and oxygen atoms in total. The highest BCUT2D eigenvalue weighted by molar-refractivity contribution is 6.30. The van der Waals surface area contributed by atoms with E-state index in [0.29, 0.717) is 28.2 Å². The van der Waals surface area contributed by atoms with Gasteiger partial charge in [-0.1, -0.05) is 16.8 Å². The minimum Gasteiger partial charge on any atom is -0.437 e. The Labute approximate surface area is 170 Å². The van der Waals surface area contributed by atoms with Crippen molar-refractivity contribution >= 4 is 22.5 Å². The summed E-state index contributed by atoms with van der Waals surface area (Å²) in [4.78, 5) is 13.0. The zero-order valence-corrected chi connectivity index (χ0v) is 16.0. The standard InChI is InChI=1S/C21H14ClN5O2/c1-27-9-8-13-4-7-16(10-18(13)27)28-19-12-23-17(11-24-19)21-25-20(26-29-21)14-2-5-15(22)6-3-14/h2-12H,1H3. The topological polar surface area (TPSA) is 78.9 Å². The molecule has 5 aromatic rings. The minimum atomic E-state index is 0.277. The Morgan fingerprint density at radius 2 is 1.86 bits per heavy atom. The van der Waals surface area contributed by atoms with Gasteiger partial charge >= 0.3 is 0 Å². The maximum Gasteiger partial charge on any atom is 0.278 e. The van der Waals surface area contributed by atoms with Crippen LogP contribution in [0.1, 0.15) is 0 Å². The number of nitrogens with zero attached hydrogens (tertiary/aromatic N) is 5. The minimum absolute atomic E-state index is 0.277. The SMILES string of the molecule is Cn1ccc2ccc(Oc3cnc(-c4nc(-c5ccc(Cl)cc5)no4)cn3)cc21. The Bertz CT molecular complexity index is 1290. The molecular formula is C21H14ClN5O2. The highest BCUT2D eigenvalue weighted by Crippen LogP contribution is 2.26. The van der Waals surface area contributed by atoms with Gasteiger partial charge in [0.2, 0.25) is 11.7 Å². The van der Waals surface area contributed by atoms with Gasteiger partial charge in [0.05, 0.1) is 17.9 Å². The number of halogens is 1. The van der Waals surface area contributed by atoms with Crippen LogP contribution in [-0.2, 0) is 7.05 Å². The van der Waals surface area contributed by atoms with E-state index in [4.69, 9.17) is 20.9 Å². The lowest BCUT2D eigenvalue weighted by molar-refractivity contribution is 0.429. The monoisotopic (exact) mass is 403 g/mol. The lowest BCUT2D eigenvalue weighted by Crippen LogP contribution is -1.92. The van der Waals surface area contributed by atoms with E-state index in [0.717, 1.165) is 16.5 Å². The summed E-state index contributed by atoms with van der Waals surface area (Å²) < 4.78 is 13.2. The Morgan fingerprint density at radius 3 is 2.66 bits per heavy atom. The molecule has 8 heteroatoms. The van der Waals surface area contributed by atoms with E-state index in [9.17, 15) is 0 Å². The predicted molar refractivity (Wildman–Crippen MR) is 109 cm³/mol. The maximum atomic E-state index is 5.91. The lowest BCUT2D eigenvalue weighted by atomic mass is 10.2. The first-order valence-electron chi connectivity index (χ1n) is 8.81. The van der Waals surface area contributed by atoms with Crippen molar-refractivity contribution in [3.8, 4) is 34.6 Å². The van der Waals surface area contributed by atoms with Crippen LogP contribution in [-0.4, -0.2) is 24.7 Å². The van der Waals surface area contributed by atoms with Crippen LogP contribution in [0.25, 0.3) is 33.9 Å². The van der Waals surface area contributed by atoms with Crippen molar-refractivity contribution in [2.45, 2.75) is 0 Å². The van der Waals surface area contributed by atoms with Gasteiger partial charge in [0.1, 0.15) is 11.4 Å². The van der Waals surface area contributed by atoms with Gasteiger partial charge in [-0.15, -0.1) is 0 Å². The highest BCUT2D eigenvalue weighted by Gasteiger charge is 2.13. The Morgan fingerprint density at radius 1 is 1.00 bits per heavy atom. The van der Waals surface area contributed by atoms with Crippen molar-refractivity contribution in [1.82, 2.24) is 24.7 Å². The van der Waals surface area contributed by atoms with E-state index in [1.165, 1.54) is 12.4 Å². The molecule has 0 saturated heterocycles. The molecule has 2 aromatic carbocycles. The molecule has 0 saturated carbocycles. The van der Waals surface area contributed by atoms with Crippen molar-refractivity contribution in [1.29, 1.82) is 0 Å². The fourth-order valence-corrected chi connectivity index (χ4v) is 3.08. The summed E-state index contributed by atoms with van der Waals surface area (Å²) in [6, 6.07) is 15.1. The molecule has 0 bridgehead atoms. The van der Waals surface area contributed by atoms with Crippen molar-refractivity contribution < 1.29 is 9.26 Å². The molecule has 0 N–H and O–H groups in total. The molecule has 142 valence electrons. The van der Waals surface area contributed by atoms with E-state index in [2.05, 4.69) is 26.2 Å². The molecule has 0 amide bonds. The number of hydrogen-bond acceptors (Lipinski definition) is 6. The number of fused-ring (bicyclic) bond motifs is 1. The molecule has 0 atom stereocenters. The number of aromatic nitrogens is 5. The first kappa shape index (κ1) is 17.4. The molecule has 5 rings (SSSR count). The van der Waals surface area contributed by atoms with Gasteiger partial charge in [0, 0.05) is 29.9 Å². The van der Waals surface area contributed by atoms with Crippen LogP contribution in [0.3, 0.4) is 0 Å². The van der Waals surface area contributed by atoms with Crippen LogP contribution in [0, 0.1) is 0 Å². The van der Waals surface area contributed by atoms with Crippen LogP contribution in [0.15, 0.2) is 71.6 Å². The van der Waals surface area contributed by atoms with E-state index in [-0.39, 0.29) is 5.89 Å².